The van der Waals surface area contributed by atoms with E-state index in [-0.39, 0.29) is 5.91 Å². The van der Waals surface area contributed by atoms with Gasteiger partial charge >= 0.3 is 0 Å². The summed E-state index contributed by atoms with van der Waals surface area (Å²) in [6.45, 7) is 2.23. The molecule has 1 aliphatic heterocycles. The summed E-state index contributed by atoms with van der Waals surface area (Å²) >= 11 is 0. The van der Waals surface area contributed by atoms with Gasteiger partial charge in [0, 0.05) is 43.6 Å². The molecule has 0 spiro atoms. The Kier molecular flexibility index (Phi) is 6.58. The van der Waals surface area contributed by atoms with Crippen LogP contribution in [0.2, 0.25) is 0 Å². The van der Waals surface area contributed by atoms with E-state index in [1.54, 1.807) is 18.6 Å². The Morgan fingerprint density at radius 3 is 2.71 bits per heavy atom. The van der Waals surface area contributed by atoms with Gasteiger partial charge in [-0.2, -0.15) is 0 Å². The van der Waals surface area contributed by atoms with Gasteiger partial charge in [-0.25, -0.2) is 0 Å². The SMILES string of the molecule is O=C(CCc1cnccn1)NC1CCCN(C2CCCCCC2)C1. The third-order valence-corrected chi connectivity index (χ3v) is 5.38. The molecule has 132 valence electrons. The number of aromatic nitrogens is 2. The molecule has 2 aliphatic rings. The van der Waals surface area contributed by atoms with Gasteiger partial charge in [-0.05, 0) is 38.6 Å². The maximum Gasteiger partial charge on any atom is 0.220 e. The van der Waals surface area contributed by atoms with Crippen molar-refractivity contribution in [1.29, 1.82) is 0 Å². The third kappa shape index (κ3) is 5.26. The summed E-state index contributed by atoms with van der Waals surface area (Å²) in [4.78, 5) is 23.2. The zero-order valence-electron chi connectivity index (χ0n) is 14.6. The fraction of sp³-hybridized carbons (Fsp3) is 0.737. The monoisotopic (exact) mass is 330 g/mol. The first-order chi connectivity index (χ1) is 11.8. The van der Waals surface area contributed by atoms with Crippen LogP contribution in [0.15, 0.2) is 18.6 Å². The molecule has 1 aromatic rings. The molecule has 3 rings (SSSR count). The van der Waals surface area contributed by atoms with Gasteiger partial charge in [-0.15, -0.1) is 0 Å². The van der Waals surface area contributed by atoms with Gasteiger partial charge in [0.25, 0.3) is 0 Å². The largest absolute Gasteiger partial charge is 0.352 e. The summed E-state index contributed by atoms with van der Waals surface area (Å²) in [5.41, 5.74) is 0.886. The van der Waals surface area contributed by atoms with Crippen LogP contribution < -0.4 is 5.32 Å². The Morgan fingerprint density at radius 2 is 1.96 bits per heavy atom. The predicted molar refractivity (Wildman–Crippen MR) is 94.6 cm³/mol. The van der Waals surface area contributed by atoms with Crippen molar-refractivity contribution in [2.24, 2.45) is 0 Å². The average molecular weight is 330 g/mol. The van der Waals surface area contributed by atoms with Gasteiger partial charge in [0.1, 0.15) is 0 Å². The Labute approximate surface area is 145 Å². The lowest BCUT2D eigenvalue weighted by Gasteiger charge is -2.38. The normalized spacial score (nSPS) is 23.6. The van der Waals surface area contributed by atoms with Crippen molar-refractivity contribution in [3.05, 3.63) is 24.3 Å². The lowest BCUT2D eigenvalue weighted by atomic mass is 9.99. The van der Waals surface area contributed by atoms with Crippen LogP contribution in [0.5, 0.6) is 0 Å². The number of piperidine rings is 1. The number of nitrogens with zero attached hydrogens (tertiary/aromatic N) is 3. The molecule has 1 aromatic heterocycles. The van der Waals surface area contributed by atoms with Gasteiger partial charge in [-0.3, -0.25) is 19.7 Å². The number of rotatable bonds is 5. The summed E-state index contributed by atoms with van der Waals surface area (Å²) < 4.78 is 0. The molecule has 1 amide bonds. The van der Waals surface area contributed by atoms with E-state index in [2.05, 4.69) is 20.2 Å². The molecule has 1 aliphatic carbocycles. The van der Waals surface area contributed by atoms with Crippen molar-refractivity contribution in [1.82, 2.24) is 20.2 Å². The highest BCUT2D eigenvalue weighted by Gasteiger charge is 2.27. The first-order valence-electron chi connectivity index (χ1n) is 9.59. The molecule has 0 bridgehead atoms. The van der Waals surface area contributed by atoms with Crippen LogP contribution >= 0.6 is 0 Å². The topological polar surface area (TPSA) is 58.1 Å². The Morgan fingerprint density at radius 1 is 1.12 bits per heavy atom. The number of hydrogen-bond acceptors (Lipinski definition) is 4. The summed E-state index contributed by atoms with van der Waals surface area (Å²) in [5.74, 6) is 0.147. The molecule has 0 aromatic carbocycles. The summed E-state index contributed by atoms with van der Waals surface area (Å²) in [6, 6.07) is 1.06. The second kappa shape index (κ2) is 9.11. The third-order valence-electron chi connectivity index (χ3n) is 5.38. The van der Waals surface area contributed by atoms with Crippen molar-refractivity contribution in [2.75, 3.05) is 13.1 Å². The van der Waals surface area contributed by atoms with Crippen LogP contribution in [0, 0.1) is 0 Å². The molecule has 1 saturated carbocycles. The predicted octanol–water partition coefficient (Wildman–Crippen LogP) is 2.71. The summed E-state index contributed by atoms with van der Waals surface area (Å²) in [6.07, 6.45) is 16.8. The molecule has 2 fully saturated rings. The number of carbonyl (C=O) groups is 1. The van der Waals surface area contributed by atoms with E-state index < -0.39 is 0 Å². The number of hydrogen-bond donors (Lipinski definition) is 1. The molecular weight excluding hydrogens is 300 g/mol. The highest BCUT2D eigenvalue weighted by atomic mass is 16.1. The van der Waals surface area contributed by atoms with Crippen LogP contribution in [0.1, 0.15) is 63.5 Å². The zero-order valence-corrected chi connectivity index (χ0v) is 14.6. The fourth-order valence-corrected chi connectivity index (χ4v) is 4.08. The zero-order chi connectivity index (χ0) is 16.6. The van der Waals surface area contributed by atoms with E-state index in [1.165, 1.54) is 51.5 Å². The van der Waals surface area contributed by atoms with E-state index in [0.29, 0.717) is 18.9 Å². The van der Waals surface area contributed by atoms with Crippen molar-refractivity contribution in [3.8, 4) is 0 Å². The number of aryl methyl sites for hydroxylation is 1. The van der Waals surface area contributed by atoms with E-state index in [1.807, 2.05) is 0 Å². The smallest absolute Gasteiger partial charge is 0.220 e. The summed E-state index contributed by atoms with van der Waals surface area (Å²) in [5, 5.41) is 3.25. The van der Waals surface area contributed by atoms with Gasteiger partial charge in [-0.1, -0.05) is 25.7 Å². The van der Waals surface area contributed by atoms with Crippen molar-refractivity contribution >= 4 is 5.91 Å². The molecular formula is C19H30N4O. The van der Waals surface area contributed by atoms with Crippen LogP contribution in [0.4, 0.5) is 0 Å². The quantitative estimate of drug-likeness (QED) is 0.843. The highest BCUT2D eigenvalue weighted by molar-refractivity contribution is 5.76. The molecule has 2 heterocycles. The standard InChI is InChI=1S/C19H30N4O/c24-19(10-9-16-14-20-11-12-21-16)22-17-6-5-13-23(15-17)18-7-3-1-2-4-8-18/h11-12,14,17-18H,1-10,13,15H2,(H,22,24). The van der Waals surface area contributed by atoms with Crippen molar-refractivity contribution in [2.45, 2.75) is 76.3 Å². The molecule has 5 heteroatoms. The maximum atomic E-state index is 12.2. The van der Waals surface area contributed by atoms with Crippen LogP contribution in [0.3, 0.4) is 0 Å². The minimum absolute atomic E-state index is 0.147. The molecule has 1 unspecified atom stereocenters. The van der Waals surface area contributed by atoms with Crippen LogP contribution in [-0.4, -0.2) is 45.9 Å². The lowest BCUT2D eigenvalue weighted by molar-refractivity contribution is -0.122. The first-order valence-corrected chi connectivity index (χ1v) is 9.59. The van der Waals surface area contributed by atoms with E-state index in [4.69, 9.17) is 0 Å². The number of likely N-dealkylation sites (tertiary alicyclic amines) is 1. The minimum Gasteiger partial charge on any atom is -0.352 e. The number of carbonyl (C=O) groups excluding carboxylic acids is 1. The molecule has 1 saturated heterocycles. The average Bonchev–Trinajstić information content (AvgIpc) is 2.91. The first kappa shape index (κ1) is 17.3. The summed E-state index contributed by atoms with van der Waals surface area (Å²) in [7, 11) is 0. The van der Waals surface area contributed by atoms with Gasteiger partial charge in [0.15, 0.2) is 0 Å². The van der Waals surface area contributed by atoms with Crippen molar-refractivity contribution < 1.29 is 4.79 Å². The molecule has 1 atom stereocenters. The number of nitrogens with one attached hydrogen (secondary N) is 1. The Bertz CT molecular complexity index is 499. The second-order valence-electron chi connectivity index (χ2n) is 7.24. The minimum atomic E-state index is 0.147. The Balaban J connectivity index is 1.43. The molecule has 5 nitrogen and oxygen atoms in total. The highest BCUT2D eigenvalue weighted by Crippen LogP contribution is 2.24. The fourth-order valence-electron chi connectivity index (χ4n) is 4.08. The van der Waals surface area contributed by atoms with Gasteiger partial charge in [0.05, 0.1) is 5.69 Å². The molecule has 1 N–H and O–H groups in total. The van der Waals surface area contributed by atoms with E-state index >= 15 is 0 Å². The molecule has 0 radical (unpaired) electrons. The number of amides is 1. The second-order valence-corrected chi connectivity index (χ2v) is 7.24. The van der Waals surface area contributed by atoms with Gasteiger partial charge in [0.2, 0.25) is 5.91 Å². The lowest BCUT2D eigenvalue weighted by Crippen LogP contribution is -2.50. The van der Waals surface area contributed by atoms with Crippen LogP contribution in [0.25, 0.3) is 0 Å². The van der Waals surface area contributed by atoms with Gasteiger partial charge < -0.3 is 5.32 Å². The Hall–Kier alpha value is -1.49. The van der Waals surface area contributed by atoms with E-state index in [9.17, 15) is 4.79 Å². The maximum absolute atomic E-state index is 12.2. The molecule has 24 heavy (non-hydrogen) atoms. The van der Waals surface area contributed by atoms with Crippen LogP contribution in [-0.2, 0) is 11.2 Å². The van der Waals surface area contributed by atoms with E-state index in [0.717, 1.165) is 24.7 Å². The van der Waals surface area contributed by atoms with Crippen molar-refractivity contribution in [3.63, 3.8) is 0 Å².